The summed E-state index contributed by atoms with van der Waals surface area (Å²) in [4.78, 5) is 14.2. The second kappa shape index (κ2) is 10.2. The zero-order valence-corrected chi connectivity index (χ0v) is 17.1. The normalized spacial score (nSPS) is 17.2. The fourth-order valence-corrected chi connectivity index (χ4v) is 3.37. The van der Waals surface area contributed by atoms with Crippen molar-refractivity contribution in [2.75, 3.05) is 26.2 Å². The van der Waals surface area contributed by atoms with Gasteiger partial charge in [-0.25, -0.2) is 13.6 Å². The zero-order valence-electron chi connectivity index (χ0n) is 15.6. The molecule has 2 N–H and O–H groups in total. The highest BCUT2D eigenvalue weighted by Gasteiger charge is 2.21. The van der Waals surface area contributed by atoms with Crippen molar-refractivity contribution >= 4 is 29.2 Å². The molecule has 0 bridgehead atoms. The number of ether oxygens (including phenoxy) is 1. The minimum atomic E-state index is -0.696. The van der Waals surface area contributed by atoms with Crippen LogP contribution in [0, 0.1) is 11.6 Å². The van der Waals surface area contributed by atoms with E-state index in [9.17, 15) is 13.6 Å². The van der Waals surface area contributed by atoms with E-state index in [4.69, 9.17) is 27.9 Å². The van der Waals surface area contributed by atoms with Crippen LogP contribution in [-0.4, -0.2) is 43.3 Å². The number of rotatable bonds is 6. The van der Waals surface area contributed by atoms with Gasteiger partial charge in [0, 0.05) is 44.4 Å². The lowest BCUT2D eigenvalue weighted by Crippen LogP contribution is -2.48. The van der Waals surface area contributed by atoms with Gasteiger partial charge < -0.3 is 15.4 Å². The van der Waals surface area contributed by atoms with Gasteiger partial charge in [0.1, 0.15) is 11.6 Å². The third-order valence-electron chi connectivity index (χ3n) is 4.56. The predicted octanol–water partition coefficient (Wildman–Crippen LogP) is 3.97. The number of benzene rings is 2. The molecule has 1 aliphatic heterocycles. The number of morpholine rings is 1. The van der Waals surface area contributed by atoms with Crippen LogP contribution in [0.5, 0.6) is 0 Å². The van der Waals surface area contributed by atoms with E-state index in [1.807, 2.05) is 12.1 Å². The molecule has 1 atom stereocenters. The van der Waals surface area contributed by atoms with Crippen LogP contribution >= 0.6 is 23.2 Å². The Labute approximate surface area is 177 Å². The fraction of sp³-hybridized carbons (Fsp3) is 0.350. The lowest BCUT2D eigenvalue weighted by molar-refractivity contribution is -0.0287. The first kappa shape index (κ1) is 21.8. The fourth-order valence-electron chi connectivity index (χ4n) is 3.05. The Kier molecular flexibility index (Phi) is 7.66. The maximum absolute atomic E-state index is 13.6. The van der Waals surface area contributed by atoms with Crippen LogP contribution in [0.25, 0.3) is 0 Å². The first-order valence-corrected chi connectivity index (χ1v) is 9.90. The number of nitrogens with zero attached hydrogens (tertiary/aromatic N) is 1. The summed E-state index contributed by atoms with van der Waals surface area (Å²) in [7, 11) is 0. The SMILES string of the molecule is O=C(NCc1ccc(F)cc1F)NCC1CN(Cc2ccc(Cl)c(Cl)c2)CCO1. The second-order valence-corrected chi connectivity index (χ2v) is 7.59. The van der Waals surface area contributed by atoms with E-state index < -0.39 is 17.7 Å². The van der Waals surface area contributed by atoms with Crippen LogP contribution in [0.1, 0.15) is 11.1 Å². The lowest BCUT2D eigenvalue weighted by Gasteiger charge is -2.33. The molecule has 156 valence electrons. The summed E-state index contributed by atoms with van der Waals surface area (Å²) >= 11 is 12.0. The van der Waals surface area contributed by atoms with Crippen LogP contribution in [0.2, 0.25) is 10.0 Å². The maximum atomic E-state index is 13.6. The van der Waals surface area contributed by atoms with Gasteiger partial charge in [0.15, 0.2) is 0 Å². The zero-order chi connectivity index (χ0) is 20.8. The molecule has 0 aliphatic carbocycles. The summed E-state index contributed by atoms with van der Waals surface area (Å²) in [6, 6.07) is 8.33. The molecular weight excluding hydrogens is 423 g/mol. The summed E-state index contributed by atoms with van der Waals surface area (Å²) in [6.07, 6.45) is -0.167. The molecule has 9 heteroatoms. The second-order valence-electron chi connectivity index (χ2n) is 6.78. The van der Waals surface area contributed by atoms with Crippen LogP contribution in [0.4, 0.5) is 13.6 Å². The molecule has 0 saturated carbocycles. The first-order chi connectivity index (χ1) is 13.9. The molecular formula is C20H21Cl2F2N3O2. The molecule has 1 aliphatic rings. The molecule has 1 saturated heterocycles. The van der Waals surface area contributed by atoms with Gasteiger partial charge in [-0.3, -0.25) is 4.90 Å². The van der Waals surface area contributed by atoms with Gasteiger partial charge in [-0.2, -0.15) is 0 Å². The number of carbonyl (C=O) groups excluding carboxylic acids is 1. The standard InChI is InChI=1S/C20H21Cl2F2N3O2/c21-17-4-1-13(7-18(17)22)11-27-5-6-29-16(12-27)10-26-20(28)25-9-14-2-3-15(23)8-19(14)24/h1-4,7-8,16H,5-6,9-12H2,(H2,25,26,28). The number of hydrogen-bond acceptors (Lipinski definition) is 3. The van der Waals surface area contributed by atoms with Crippen molar-refractivity contribution in [2.45, 2.75) is 19.2 Å². The van der Waals surface area contributed by atoms with Crippen LogP contribution in [0.3, 0.4) is 0 Å². The molecule has 1 heterocycles. The van der Waals surface area contributed by atoms with Gasteiger partial charge in [0.25, 0.3) is 0 Å². The van der Waals surface area contributed by atoms with Crippen molar-refractivity contribution in [3.8, 4) is 0 Å². The summed E-state index contributed by atoms with van der Waals surface area (Å²) < 4.78 is 32.2. The lowest BCUT2D eigenvalue weighted by atomic mass is 10.2. The number of nitrogens with one attached hydrogen (secondary N) is 2. The van der Waals surface area contributed by atoms with Gasteiger partial charge in [0.2, 0.25) is 0 Å². The molecule has 29 heavy (non-hydrogen) atoms. The van der Waals surface area contributed by atoms with Gasteiger partial charge in [-0.15, -0.1) is 0 Å². The average Bonchev–Trinajstić information content (AvgIpc) is 2.69. The van der Waals surface area contributed by atoms with Crippen molar-refractivity contribution < 1.29 is 18.3 Å². The molecule has 1 fully saturated rings. The third-order valence-corrected chi connectivity index (χ3v) is 5.30. The highest BCUT2D eigenvalue weighted by Crippen LogP contribution is 2.23. The van der Waals surface area contributed by atoms with Crippen LogP contribution < -0.4 is 10.6 Å². The predicted molar refractivity (Wildman–Crippen MR) is 108 cm³/mol. The Hall–Kier alpha value is -1.93. The number of halogens is 4. The van der Waals surface area contributed by atoms with Gasteiger partial charge in [-0.05, 0) is 23.8 Å². The van der Waals surface area contributed by atoms with Crippen molar-refractivity contribution in [3.05, 3.63) is 69.2 Å². The van der Waals surface area contributed by atoms with E-state index in [0.717, 1.165) is 24.2 Å². The minimum Gasteiger partial charge on any atom is -0.374 e. The monoisotopic (exact) mass is 443 g/mol. The number of carbonyl (C=O) groups is 1. The quantitative estimate of drug-likeness (QED) is 0.709. The third kappa shape index (κ3) is 6.54. The molecule has 0 radical (unpaired) electrons. The van der Waals surface area contributed by atoms with E-state index in [0.29, 0.717) is 36.3 Å². The first-order valence-electron chi connectivity index (χ1n) is 9.14. The summed E-state index contributed by atoms with van der Waals surface area (Å²) in [6.45, 7) is 2.95. The molecule has 5 nitrogen and oxygen atoms in total. The molecule has 2 aromatic carbocycles. The van der Waals surface area contributed by atoms with Crippen molar-refractivity contribution in [1.82, 2.24) is 15.5 Å². The molecule has 0 spiro atoms. The summed E-state index contributed by atoms with van der Waals surface area (Å²) in [5, 5.41) is 6.31. The molecule has 1 unspecified atom stereocenters. The highest BCUT2D eigenvalue weighted by molar-refractivity contribution is 6.42. The van der Waals surface area contributed by atoms with Crippen molar-refractivity contribution in [2.24, 2.45) is 0 Å². The summed E-state index contributed by atoms with van der Waals surface area (Å²) in [5.41, 5.74) is 1.26. The van der Waals surface area contributed by atoms with E-state index in [2.05, 4.69) is 15.5 Å². The molecule has 0 aromatic heterocycles. The molecule has 2 aromatic rings. The number of amides is 2. The van der Waals surface area contributed by atoms with E-state index in [-0.39, 0.29) is 18.2 Å². The van der Waals surface area contributed by atoms with Crippen LogP contribution in [-0.2, 0) is 17.8 Å². The number of hydrogen-bond donors (Lipinski definition) is 2. The summed E-state index contributed by atoms with van der Waals surface area (Å²) in [5.74, 6) is -1.35. The topological polar surface area (TPSA) is 53.6 Å². The highest BCUT2D eigenvalue weighted by atomic mass is 35.5. The van der Waals surface area contributed by atoms with E-state index in [1.54, 1.807) is 6.07 Å². The van der Waals surface area contributed by atoms with Crippen molar-refractivity contribution in [1.29, 1.82) is 0 Å². The minimum absolute atomic E-state index is 0.0348. The van der Waals surface area contributed by atoms with Gasteiger partial charge in [-0.1, -0.05) is 35.3 Å². The Morgan fingerprint density at radius 3 is 2.72 bits per heavy atom. The maximum Gasteiger partial charge on any atom is 0.315 e. The molecule has 2 amide bonds. The van der Waals surface area contributed by atoms with Gasteiger partial charge in [0.05, 0.1) is 22.8 Å². The Balaban J connectivity index is 1.42. The largest absolute Gasteiger partial charge is 0.374 e. The number of urea groups is 1. The average molecular weight is 444 g/mol. The smallest absolute Gasteiger partial charge is 0.315 e. The Morgan fingerprint density at radius 1 is 1.14 bits per heavy atom. The van der Waals surface area contributed by atoms with Crippen molar-refractivity contribution in [3.63, 3.8) is 0 Å². The Morgan fingerprint density at radius 2 is 1.97 bits per heavy atom. The van der Waals surface area contributed by atoms with E-state index in [1.165, 1.54) is 6.07 Å². The Bertz CT molecular complexity index is 870. The van der Waals surface area contributed by atoms with E-state index >= 15 is 0 Å². The van der Waals surface area contributed by atoms with Gasteiger partial charge >= 0.3 is 6.03 Å². The molecule has 3 rings (SSSR count). The van der Waals surface area contributed by atoms with Crippen LogP contribution in [0.15, 0.2) is 36.4 Å².